The second kappa shape index (κ2) is 8.80. The molecule has 0 saturated heterocycles. The summed E-state index contributed by atoms with van der Waals surface area (Å²) >= 11 is 0. The first-order chi connectivity index (χ1) is 14.6. The second-order valence-corrected chi connectivity index (χ2v) is 8.43. The minimum absolute atomic E-state index is 0.00922. The maximum atomic E-state index is 12.3. The Labute approximate surface area is 180 Å². The van der Waals surface area contributed by atoms with Gasteiger partial charge >= 0.3 is 10.2 Å². The largest absolute Gasteiger partial charge is 0.505 e. The number of aryl methyl sites for hydroxylation is 1. The van der Waals surface area contributed by atoms with Crippen LogP contribution >= 0.6 is 0 Å². The van der Waals surface area contributed by atoms with Gasteiger partial charge in [-0.05, 0) is 36.6 Å². The summed E-state index contributed by atoms with van der Waals surface area (Å²) in [6.45, 7) is 3.93. The summed E-state index contributed by atoms with van der Waals surface area (Å²) in [6, 6.07) is 6.10. The number of benzene rings is 1. The predicted octanol–water partition coefficient (Wildman–Crippen LogP) is 2.46. The Morgan fingerprint density at radius 1 is 1.23 bits per heavy atom. The Kier molecular flexibility index (Phi) is 6.34. The molecule has 166 valence electrons. The quantitative estimate of drug-likeness (QED) is 0.579. The number of carbonyl (C=O) groups is 1. The first-order valence-electron chi connectivity index (χ1n) is 9.74. The van der Waals surface area contributed by atoms with Gasteiger partial charge in [-0.15, -0.1) is 8.80 Å². The Morgan fingerprint density at radius 3 is 2.55 bits per heavy atom. The number of aromatic hydroxyl groups is 1. The van der Waals surface area contributed by atoms with Gasteiger partial charge in [0.1, 0.15) is 5.76 Å². The highest BCUT2D eigenvalue weighted by atomic mass is 32.2. The van der Waals surface area contributed by atoms with Gasteiger partial charge in [0.2, 0.25) is 0 Å². The molecular weight excluding hydrogens is 422 g/mol. The number of nitrogens with one attached hydrogen (secondary N) is 2. The van der Waals surface area contributed by atoms with E-state index in [-0.39, 0.29) is 34.7 Å². The molecule has 3 N–H and O–H groups in total. The summed E-state index contributed by atoms with van der Waals surface area (Å²) < 4.78 is 37.0. The molecule has 0 fully saturated rings. The highest BCUT2D eigenvalue weighted by Crippen LogP contribution is 2.29. The molecule has 0 aliphatic carbocycles. The molecule has 1 aromatic heterocycles. The fourth-order valence-corrected chi connectivity index (χ4v) is 3.78. The molecule has 31 heavy (non-hydrogen) atoms. The fraction of sp³-hybridized carbons (Fsp3) is 0.350. The van der Waals surface area contributed by atoms with E-state index < -0.39 is 16.1 Å². The molecule has 10 nitrogen and oxygen atoms in total. The van der Waals surface area contributed by atoms with Crippen molar-refractivity contribution < 1.29 is 22.7 Å². The van der Waals surface area contributed by atoms with E-state index in [1.807, 2.05) is 19.9 Å². The molecule has 1 aliphatic heterocycles. The lowest BCUT2D eigenvalue weighted by molar-refractivity contribution is 0.0824. The second-order valence-electron chi connectivity index (χ2n) is 7.17. The van der Waals surface area contributed by atoms with Crippen LogP contribution in [-0.4, -0.2) is 50.1 Å². The molecule has 0 saturated carbocycles. The predicted molar refractivity (Wildman–Crippen MR) is 118 cm³/mol. The maximum absolute atomic E-state index is 12.3. The van der Waals surface area contributed by atoms with E-state index in [4.69, 9.17) is 4.42 Å². The van der Waals surface area contributed by atoms with Gasteiger partial charge in [0.15, 0.2) is 17.4 Å². The van der Waals surface area contributed by atoms with E-state index in [1.54, 1.807) is 26.4 Å². The van der Waals surface area contributed by atoms with E-state index in [2.05, 4.69) is 19.4 Å². The molecular formula is C20H25N5O5S. The molecule has 0 radical (unpaired) electrons. The van der Waals surface area contributed by atoms with Gasteiger partial charge in [-0.1, -0.05) is 19.9 Å². The molecule has 3 rings (SSSR count). The first kappa shape index (κ1) is 22.3. The van der Waals surface area contributed by atoms with Crippen LogP contribution in [0.2, 0.25) is 0 Å². The minimum Gasteiger partial charge on any atom is -0.505 e. The van der Waals surface area contributed by atoms with Crippen LogP contribution in [-0.2, 0) is 16.6 Å². The Bertz CT molecular complexity index is 1150. The monoisotopic (exact) mass is 447 g/mol. The number of nitrogens with zero attached hydrogens (tertiary/aromatic N) is 3. The third kappa shape index (κ3) is 4.88. The van der Waals surface area contributed by atoms with E-state index in [1.165, 1.54) is 17.0 Å². The summed E-state index contributed by atoms with van der Waals surface area (Å²) in [5.41, 5.74) is 1.21. The Hall–Kier alpha value is -3.34. The van der Waals surface area contributed by atoms with E-state index in [0.717, 1.165) is 12.0 Å². The van der Waals surface area contributed by atoms with E-state index in [9.17, 15) is 18.3 Å². The number of amides is 1. The van der Waals surface area contributed by atoms with Crippen LogP contribution in [0, 0.1) is 0 Å². The van der Waals surface area contributed by atoms with Crippen molar-refractivity contribution in [1.29, 1.82) is 0 Å². The summed E-state index contributed by atoms with van der Waals surface area (Å²) in [4.78, 5) is 13.6. The van der Waals surface area contributed by atoms with Crippen LogP contribution in [0.3, 0.4) is 0 Å². The summed E-state index contributed by atoms with van der Waals surface area (Å²) in [7, 11) is -0.963. The minimum atomic E-state index is -4.09. The van der Waals surface area contributed by atoms with Crippen molar-refractivity contribution in [3.63, 3.8) is 0 Å². The normalized spacial score (nSPS) is 15.7. The summed E-state index contributed by atoms with van der Waals surface area (Å²) in [5.74, 6) is -0.175. The number of phenolic OH excluding ortho intramolecular Hbond substituents is 1. The molecule has 2 heterocycles. The highest BCUT2D eigenvalue weighted by molar-refractivity contribution is 7.89. The van der Waals surface area contributed by atoms with Crippen molar-refractivity contribution >= 4 is 33.5 Å². The first-order valence-corrected chi connectivity index (χ1v) is 11.1. The molecule has 2 aromatic rings. The van der Waals surface area contributed by atoms with Crippen LogP contribution in [0.4, 0.5) is 5.69 Å². The molecule has 0 unspecified atom stereocenters. The molecule has 1 amide bonds. The number of hydrogen-bond acceptors (Lipinski definition) is 7. The van der Waals surface area contributed by atoms with Crippen molar-refractivity contribution in [3.8, 4) is 5.75 Å². The Balaban J connectivity index is 1.88. The topological polar surface area (TPSA) is 137 Å². The number of phenols is 1. The van der Waals surface area contributed by atoms with Crippen LogP contribution in [0.25, 0.3) is 0 Å². The lowest BCUT2D eigenvalue weighted by Gasteiger charge is -2.18. The Morgan fingerprint density at radius 2 is 1.94 bits per heavy atom. The van der Waals surface area contributed by atoms with Crippen LogP contribution in [0.15, 0.2) is 43.7 Å². The summed E-state index contributed by atoms with van der Waals surface area (Å²) in [5, 5.41) is 16.4. The third-order valence-corrected chi connectivity index (χ3v) is 5.53. The van der Waals surface area contributed by atoms with Gasteiger partial charge in [0.05, 0.1) is 23.6 Å². The zero-order valence-electron chi connectivity index (χ0n) is 17.7. The maximum Gasteiger partial charge on any atom is 0.367 e. The lowest BCUT2D eigenvalue weighted by Crippen LogP contribution is -2.36. The number of amidine groups is 2. The lowest BCUT2D eigenvalue weighted by atomic mass is 10.1. The SMILES string of the molecule is CCc1coc([C@@H](CC)NC2=NS(=O)(=O)N=C2Nc2cccc(C(=O)N(C)C)c2O)c1. The highest BCUT2D eigenvalue weighted by Gasteiger charge is 2.28. The molecule has 1 atom stereocenters. The molecule has 1 aromatic carbocycles. The van der Waals surface area contributed by atoms with Gasteiger partial charge in [-0.3, -0.25) is 4.79 Å². The average molecular weight is 448 g/mol. The van der Waals surface area contributed by atoms with Crippen molar-refractivity contribution in [2.24, 2.45) is 8.80 Å². The van der Waals surface area contributed by atoms with Crippen LogP contribution in [0.5, 0.6) is 5.75 Å². The van der Waals surface area contributed by atoms with Crippen molar-refractivity contribution in [2.75, 3.05) is 19.4 Å². The van der Waals surface area contributed by atoms with Gasteiger partial charge in [0, 0.05) is 14.1 Å². The van der Waals surface area contributed by atoms with Gasteiger partial charge in [-0.25, -0.2) is 0 Å². The van der Waals surface area contributed by atoms with E-state index >= 15 is 0 Å². The van der Waals surface area contributed by atoms with Gasteiger partial charge in [-0.2, -0.15) is 8.42 Å². The standard InChI is InChI=1S/C20H25N5O5S/c1-5-12-10-16(30-11-12)14(6-2)21-18-19(24-31(28,29)23-18)22-15-9-7-8-13(17(15)26)20(27)25(3)4/h7-11,14,26H,5-6H2,1-4H3,(H,21,23)(H,22,24)/t14-/m1/s1. The number of furan rings is 1. The average Bonchev–Trinajstić information content (AvgIpc) is 3.30. The van der Waals surface area contributed by atoms with Crippen LogP contribution < -0.4 is 10.6 Å². The zero-order chi connectivity index (χ0) is 22.8. The molecule has 11 heteroatoms. The zero-order valence-corrected chi connectivity index (χ0v) is 18.5. The number of hydrogen-bond donors (Lipinski definition) is 3. The smallest absolute Gasteiger partial charge is 0.367 e. The van der Waals surface area contributed by atoms with Gasteiger partial charge < -0.3 is 25.1 Å². The number of para-hydroxylation sites is 1. The molecule has 1 aliphatic rings. The number of rotatable bonds is 6. The summed E-state index contributed by atoms with van der Waals surface area (Å²) in [6.07, 6.45) is 3.07. The van der Waals surface area contributed by atoms with Crippen molar-refractivity contribution in [3.05, 3.63) is 47.4 Å². The number of anilines is 1. The fourth-order valence-electron chi connectivity index (χ4n) is 3.00. The van der Waals surface area contributed by atoms with Crippen molar-refractivity contribution in [2.45, 2.75) is 32.7 Å². The molecule has 0 spiro atoms. The van der Waals surface area contributed by atoms with Crippen LogP contribution in [0.1, 0.15) is 48.0 Å². The van der Waals surface area contributed by atoms with E-state index in [0.29, 0.717) is 12.2 Å². The van der Waals surface area contributed by atoms with Gasteiger partial charge in [0.25, 0.3) is 5.91 Å². The van der Waals surface area contributed by atoms with Crippen molar-refractivity contribution in [1.82, 2.24) is 10.2 Å². The molecule has 0 bridgehead atoms. The number of carbonyl (C=O) groups excluding carboxylic acids is 1. The third-order valence-electron chi connectivity index (χ3n) is 4.71.